The average Bonchev–Trinajstić information content (AvgIpc) is 3.21. The van der Waals surface area contributed by atoms with Crippen LogP contribution < -0.4 is 0 Å². The van der Waals surface area contributed by atoms with E-state index in [2.05, 4.69) is 25.3 Å². The molecule has 7 nitrogen and oxygen atoms in total. The lowest BCUT2D eigenvalue weighted by atomic mass is 9.80. The van der Waals surface area contributed by atoms with Crippen LogP contribution in [0.1, 0.15) is 57.8 Å². The summed E-state index contributed by atoms with van der Waals surface area (Å²) in [5, 5.41) is 11.4. The Bertz CT molecular complexity index is 596. The number of aromatic nitrogens is 4. The van der Waals surface area contributed by atoms with Gasteiger partial charge in [-0.3, -0.25) is 4.79 Å². The lowest BCUT2D eigenvalue weighted by Gasteiger charge is -2.45. The highest BCUT2D eigenvalue weighted by molar-refractivity contribution is 5.78. The fourth-order valence-corrected chi connectivity index (χ4v) is 5.66. The van der Waals surface area contributed by atoms with Gasteiger partial charge in [-0.25, -0.2) is 4.68 Å². The molecule has 1 saturated carbocycles. The van der Waals surface area contributed by atoms with E-state index >= 15 is 0 Å². The summed E-state index contributed by atoms with van der Waals surface area (Å²) in [6.07, 6.45) is 12.5. The fraction of sp³-hybridized carbons (Fsp3) is 0.900. The molecule has 0 spiro atoms. The molecule has 1 aromatic heterocycles. The largest absolute Gasteiger partial charge is 0.345 e. The van der Waals surface area contributed by atoms with E-state index in [0.29, 0.717) is 17.7 Å². The monoisotopic (exact) mass is 374 g/mol. The van der Waals surface area contributed by atoms with Gasteiger partial charge in [0.1, 0.15) is 6.33 Å². The van der Waals surface area contributed by atoms with Crippen molar-refractivity contribution >= 4 is 5.91 Å². The summed E-state index contributed by atoms with van der Waals surface area (Å²) < 4.78 is 1.82. The Labute approximate surface area is 162 Å². The maximum atomic E-state index is 13.0. The Morgan fingerprint density at radius 3 is 2.67 bits per heavy atom. The smallest absolute Gasteiger partial charge is 0.225 e. The van der Waals surface area contributed by atoms with Crippen LogP contribution in [-0.2, 0) is 11.3 Å². The Hall–Kier alpha value is -1.50. The molecule has 1 aliphatic carbocycles. The van der Waals surface area contributed by atoms with E-state index in [1.165, 1.54) is 45.2 Å². The minimum atomic E-state index is 0.214. The molecular formula is C20H34N6O. The van der Waals surface area contributed by atoms with Crippen molar-refractivity contribution < 1.29 is 4.79 Å². The molecule has 0 radical (unpaired) electrons. The third-order valence-corrected chi connectivity index (χ3v) is 7.15. The molecule has 4 rings (SSSR count). The SMILES string of the molecule is CN(C[C@@H]1CCCN2CCCC[C@H]12)C(=O)C1CCC(Cn2cnnn2)CC1. The normalized spacial score (nSPS) is 32.0. The predicted octanol–water partition coefficient (Wildman–Crippen LogP) is 2.20. The second kappa shape index (κ2) is 8.67. The van der Waals surface area contributed by atoms with Gasteiger partial charge >= 0.3 is 0 Å². The van der Waals surface area contributed by atoms with Crippen LogP contribution in [0, 0.1) is 17.8 Å². The van der Waals surface area contributed by atoms with Gasteiger partial charge in [0.15, 0.2) is 0 Å². The minimum absolute atomic E-state index is 0.214. The Morgan fingerprint density at radius 2 is 1.89 bits per heavy atom. The van der Waals surface area contributed by atoms with E-state index in [0.717, 1.165) is 44.8 Å². The van der Waals surface area contributed by atoms with E-state index in [-0.39, 0.29) is 5.92 Å². The number of carbonyl (C=O) groups excluding carboxylic acids is 1. The molecule has 1 amide bonds. The van der Waals surface area contributed by atoms with Crippen molar-refractivity contribution in [2.75, 3.05) is 26.7 Å². The van der Waals surface area contributed by atoms with Gasteiger partial charge in [0.2, 0.25) is 5.91 Å². The predicted molar refractivity (Wildman–Crippen MR) is 103 cm³/mol. The zero-order chi connectivity index (χ0) is 18.6. The zero-order valence-corrected chi connectivity index (χ0v) is 16.7. The van der Waals surface area contributed by atoms with Gasteiger partial charge in [-0.15, -0.1) is 5.10 Å². The molecule has 7 heteroatoms. The van der Waals surface area contributed by atoms with Crippen molar-refractivity contribution in [1.29, 1.82) is 0 Å². The van der Waals surface area contributed by atoms with E-state index in [1.54, 1.807) is 6.33 Å². The molecule has 2 aliphatic heterocycles. The number of rotatable bonds is 5. The Balaban J connectivity index is 1.25. The topological polar surface area (TPSA) is 67.2 Å². The quantitative estimate of drug-likeness (QED) is 0.790. The van der Waals surface area contributed by atoms with Crippen molar-refractivity contribution in [3.63, 3.8) is 0 Å². The first-order valence-corrected chi connectivity index (χ1v) is 10.9. The number of amides is 1. The first kappa shape index (κ1) is 18.8. The molecule has 1 aromatic rings. The number of hydrogen-bond donors (Lipinski definition) is 0. The average molecular weight is 375 g/mol. The molecular weight excluding hydrogens is 340 g/mol. The van der Waals surface area contributed by atoms with Gasteiger partial charge in [0, 0.05) is 32.1 Å². The summed E-state index contributed by atoms with van der Waals surface area (Å²) in [6.45, 7) is 4.36. The van der Waals surface area contributed by atoms with Crippen LogP contribution in [0.3, 0.4) is 0 Å². The van der Waals surface area contributed by atoms with Crippen molar-refractivity contribution in [1.82, 2.24) is 30.0 Å². The summed E-state index contributed by atoms with van der Waals surface area (Å²) >= 11 is 0. The van der Waals surface area contributed by atoms with E-state index in [4.69, 9.17) is 0 Å². The Kier molecular flexibility index (Phi) is 6.05. The van der Waals surface area contributed by atoms with Crippen LogP contribution in [-0.4, -0.2) is 68.6 Å². The molecule has 2 saturated heterocycles. The summed E-state index contributed by atoms with van der Waals surface area (Å²) in [5.74, 6) is 1.86. The fourth-order valence-electron chi connectivity index (χ4n) is 5.66. The van der Waals surface area contributed by atoms with Gasteiger partial charge < -0.3 is 9.80 Å². The number of fused-ring (bicyclic) bond motifs is 1. The number of tetrazole rings is 1. The van der Waals surface area contributed by atoms with Crippen molar-refractivity contribution in [2.45, 2.75) is 70.4 Å². The number of piperidine rings is 2. The van der Waals surface area contributed by atoms with Crippen LogP contribution >= 0.6 is 0 Å². The summed E-state index contributed by atoms with van der Waals surface area (Å²) in [7, 11) is 2.04. The van der Waals surface area contributed by atoms with E-state index < -0.39 is 0 Å². The second-order valence-electron chi connectivity index (χ2n) is 8.97. The summed E-state index contributed by atoms with van der Waals surface area (Å²) in [6, 6.07) is 0.717. The van der Waals surface area contributed by atoms with Crippen LogP contribution in [0.15, 0.2) is 6.33 Å². The lowest BCUT2D eigenvalue weighted by molar-refractivity contribution is -0.136. The molecule has 3 aliphatic rings. The van der Waals surface area contributed by atoms with Crippen LogP contribution in [0.4, 0.5) is 0 Å². The minimum Gasteiger partial charge on any atom is -0.345 e. The van der Waals surface area contributed by atoms with E-state index in [1.807, 2.05) is 11.7 Å². The first-order chi connectivity index (χ1) is 13.2. The lowest BCUT2D eigenvalue weighted by Crippen LogP contribution is -2.51. The molecule has 2 atom stereocenters. The molecule has 150 valence electrons. The third-order valence-electron chi connectivity index (χ3n) is 7.15. The number of carbonyl (C=O) groups is 1. The van der Waals surface area contributed by atoms with Gasteiger partial charge in [-0.1, -0.05) is 6.42 Å². The Morgan fingerprint density at radius 1 is 1.07 bits per heavy atom. The zero-order valence-electron chi connectivity index (χ0n) is 16.7. The number of hydrogen-bond acceptors (Lipinski definition) is 5. The molecule has 0 N–H and O–H groups in total. The van der Waals surface area contributed by atoms with Gasteiger partial charge in [0.05, 0.1) is 0 Å². The van der Waals surface area contributed by atoms with Crippen LogP contribution in [0.5, 0.6) is 0 Å². The third kappa shape index (κ3) is 4.50. The van der Waals surface area contributed by atoms with Crippen molar-refractivity contribution in [3.8, 4) is 0 Å². The molecule has 0 bridgehead atoms. The van der Waals surface area contributed by atoms with Crippen LogP contribution in [0.2, 0.25) is 0 Å². The number of nitrogens with zero attached hydrogens (tertiary/aromatic N) is 6. The van der Waals surface area contributed by atoms with Gasteiger partial charge in [-0.05, 0) is 86.7 Å². The molecule has 27 heavy (non-hydrogen) atoms. The molecule has 3 heterocycles. The molecule has 0 unspecified atom stereocenters. The highest BCUT2D eigenvalue weighted by atomic mass is 16.2. The maximum Gasteiger partial charge on any atom is 0.225 e. The molecule has 0 aromatic carbocycles. The summed E-state index contributed by atoms with van der Waals surface area (Å²) in [4.78, 5) is 17.8. The highest BCUT2D eigenvalue weighted by Crippen LogP contribution is 2.33. The second-order valence-corrected chi connectivity index (χ2v) is 8.97. The molecule has 3 fully saturated rings. The standard InChI is InChI=1S/C20H34N6O/c1-24(14-18-5-4-12-25-11-3-2-6-19(18)25)20(27)17-9-7-16(8-10-17)13-26-15-21-22-23-26/h15-19H,2-14H2,1H3/t16?,17?,18-,19+/m0/s1. The van der Waals surface area contributed by atoms with E-state index in [9.17, 15) is 4.79 Å². The maximum absolute atomic E-state index is 13.0. The van der Waals surface area contributed by atoms with Crippen molar-refractivity contribution in [3.05, 3.63) is 6.33 Å². The first-order valence-electron chi connectivity index (χ1n) is 10.9. The van der Waals surface area contributed by atoms with Gasteiger partial charge in [-0.2, -0.15) is 0 Å². The summed E-state index contributed by atoms with van der Waals surface area (Å²) in [5.41, 5.74) is 0. The van der Waals surface area contributed by atoms with Gasteiger partial charge in [0.25, 0.3) is 0 Å². The van der Waals surface area contributed by atoms with Crippen molar-refractivity contribution in [2.24, 2.45) is 17.8 Å². The van der Waals surface area contributed by atoms with Crippen LogP contribution in [0.25, 0.3) is 0 Å². The highest BCUT2D eigenvalue weighted by Gasteiger charge is 2.35.